The number of oxime groups is 1. The van der Waals surface area contributed by atoms with Gasteiger partial charge < -0.3 is 9.78 Å². The molecule has 0 atom stereocenters. The minimum Gasteiger partial charge on any atom is -0.427 e. The number of rotatable bonds is 2. The van der Waals surface area contributed by atoms with Gasteiger partial charge in [-0.3, -0.25) is 0 Å². The first-order chi connectivity index (χ1) is 5.29. The van der Waals surface area contributed by atoms with E-state index in [2.05, 4.69) is 23.1 Å². The van der Waals surface area contributed by atoms with Gasteiger partial charge in [-0.25, -0.2) is 0 Å². The van der Waals surface area contributed by atoms with Crippen molar-refractivity contribution < 1.29 is 9.78 Å². The number of hydrogen-bond acceptors (Lipinski definition) is 3. The third-order valence-corrected chi connectivity index (χ3v) is 1.39. The standard InChI is InChI=1S/C7H8BNO2/c1-3-6-5-9-11-8(10)7(6)4-2/h3-5,10H,1-2H2. The zero-order valence-corrected chi connectivity index (χ0v) is 6.03. The summed E-state index contributed by atoms with van der Waals surface area (Å²) in [4.78, 5) is 0. The van der Waals surface area contributed by atoms with E-state index in [-0.39, 0.29) is 0 Å². The second kappa shape index (κ2) is 3.21. The van der Waals surface area contributed by atoms with Crippen LogP contribution in [0.5, 0.6) is 0 Å². The molecule has 1 rings (SSSR count). The fourth-order valence-corrected chi connectivity index (χ4v) is 0.808. The topological polar surface area (TPSA) is 41.8 Å². The highest BCUT2D eigenvalue weighted by atomic mass is 16.6. The van der Waals surface area contributed by atoms with Gasteiger partial charge in [0.25, 0.3) is 0 Å². The Morgan fingerprint density at radius 3 is 2.73 bits per heavy atom. The van der Waals surface area contributed by atoms with Gasteiger partial charge in [0.2, 0.25) is 0 Å². The fraction of sp³-hybridized carbons (Fsp3) is 0. The summed E-state index contributed by atoms with van der Waals surface area (Å²) >= 11 is 0. The molecule has 0 spiro atoms. The third-order valence-electron chi connectivity index (χ3n) is 1.39. The molecule has 0 aromatic carbocycles. The van der Waals surface area contributed by atoms with Gasteiger partial charge in [-0.15, -0.1) is 5.16 Å². The Bertz CT molecular complexity index is 245. The number of allylic oxidation sites excluding steroid dienone is 4. The lowest BCUT2D eigenvalue weighted by Gasteiger charge is -2.11. The van der Waals surface area contributed by atoms with E-state index in [1.165, 1.54) is 12.3 Å². The minimum atomic E-state index is -1.01. The summed E-state index contributed by atoms with van der Waals surface area (Å²) in [7, 11) is -1.01. The van der Waals surface area contributed by atoms with Crippen LogP contribution in [0.1, 0.15) is 0 Å². The quantitative estimate of drug-likeness (QED) is 0.586. The van der Waals surface area contributed by atoms with Crippen molar-refractivity contribution in [2.75, 3.05) is 0 Å². The van der Waals surface area contributed by atoms with E-state index in [0.717, 1.165) is 5.57 Å². The lowest BCUT2D eigenvalue weighted by molar-refractivity contribution is 0.282. The number of hydrogen-bond donors (Lipinski definition) is 1. The van der Waals surface area contributed by atoms with Crippen LogP contribution in [0.15, 0.2) is 41.5 Å². The molecule has 4 heteroatoms. The second-order valence-corrected chi connectivity index (χ2v) is 2.01. The largest absolute Gasteiger partial charge is 0.583 e. The average Bonchev–Trinajstić information content (AvgIpc) is 2.04. The van der Waals surface area contributed by atoms with Crippen LogP contribution in [0, 0.1) is 0 Å². The molecule has 0 aromatic rings. The first kappa shape index (κ1) is 7.82. The molecule has 1 aliphatic rings. The van der Waals surface area contributed by atoms with Crippen LogP contribution in [0.4, 0.5) is 0 Å². The predicted molar refractivity (Wildman–Crippen MR) is 45.0 cm³/mol. The molecule has 1 heterocycles. The van der Waals surface area contributed by atoms with Crippen LogP contribution in [-0.4, -0.2) is 18.4 Å². The van der Waals surface area contributed by atoms with Gasteiger partial charge in [-0.2, -0.15) is 0 Å². The summed E-state index contributed by atoms with van der Waals surface area (Å²) < 4.78 is 4.56. The molecule has 0 saturated carbocycles. The Labute approximate surface area is 65.5 Å². The van der Waals surface area contributed by atoms with E-state index in [1.807, 2.05) is 0 Å². The summed E-state index contributed by atoms with van der Waals surface area (Å²) in [6, 6.07) is 0. The van der Waals surface area contributed by atoms with Crippen molar-refractivity contribution in [3.63, 3.8) is 0 Å². The second-order valence-electron chi connectivity index (χ2n) is 2.01. The van der Waals surface area contributed by atoms with Crippen LogP contribution in [0.3, 0.4) is 0 Å². The van der Waals surface area contributed by atoms with Crippen molar-refractivity contribution in [2.45, 2.75) is 0 Å². The van der Waals surface area contributed by atoms with Crippen LogP contribution >= 0.6 is 0 Å². The van der Waals surface area contributed by atoms with Crippen molar-refractivity contribution in [2.24, 2.45) is 5.16 Å². The molecule has 0 bridgehead atoms. The zero-order chi connectivity index (χ0) is 8.27. The van der Waals surface area contributed by atoms with Crippen molar-refractivity contribution >= 4 is 13.3 Å². The molecule has 11 heavy (non-hydrogen) atoms. The lowest BCUT2D eigenvalue weighted by Crippen LogP contribution is -2.22. The molecule has 3 nitrogen and oxygen atoms in total. The minimum absolute atomic E-state index is 0.593. The Morgan fingerprint density at radius 2 is 2.27 bits per heavy atom. The van der Waals surface area contributed by atoms with Gasteiger partial charge in [-0.05, 0) is 5.57 Å². The Hall–Kier alpha value is -1.29. The van der Waals surface area contributed by atoms with E-state index >= 15 is 0 Å². The van der Waals surface area contributed by atoms with E-state index in [4.69, 9.17) is 5.02 Å². The molecule has 0 amide bonds. The lowest BCUT2D eigenvalue weighted by atomic mass is 9.75. The highest BCUT2D eigenvalue weighted by molar-refractivity contribution is 6.54. The Balaban J connectivity index is 3.04. The Morgan fingerprint density at radius 1 is 1.55 bits per heavy atom. The summed E-state index contributed by atoms with van der Waals surface area (Å²) in [5.41, 5.74) is 1.33. The van der Waals surface area contributed by atoms with Gasteiger partial charge in [0, 0.05) is 5.47 Å². The maximum Gasteiger partial charge on any atom is 0.583 e. The molecular weight excluding hydrogens is 141 g/mol. The van der Waals surface area contributed by atoms with Gasteiger partial charge in [-0.1, -0.05) is 25.3 Å². The maximum atomic E-state index is 9.16. The van der Waals surface area contributed by atoms with E-state index in [9.17, 15) is 0 Å². The van der Waals surface area contributed by atoms with Crippen molar-refractivity contribution in [3.05, 3.63) is 36.4 Å². The van der Waals surface area contributed by atoms with Gasteiger partial charge >= 0.3 is 7.12 Å². The summed E-state index contributed by atoms with van der Waals surface area (Å²) in [5.74, 6) is 0. The molecular formula is C7H8BNO2. The summed E-state index contributed by atoms with van der Waals surface area (Å²) in [6.45, 7) is 7.08. The molecule has 0 saturated heterocycles. The monoisotopic (exact) mass is 149 g/mol. The smallest absolute Gasteiger partial charge is 0.427 e. The molecule has 1 aliphatic heterocycles. The van der Waals surface area contributed by atoms with Crippen LogP contribution in [0.2, 0.25) is 0 Å². The normalized spacial score (nSPS) is 16.3. The first-order valence-electron chi connectivity index (χ1n) is 3.16. The van der Waals surface area contributed by atoms with Crippen molar-refractivity contribution in [3.8, 4) is 0 Å². The van der Waals surface area contributed by atoms with Crippen molar-refractivity contribution in [1.29, 1.82) is 0 Å². The third kappa shape index (κ3) is 1.41. The number of nitrogens with zero attached hydrogens (tertiary/aromatic N) is 1. The predicted octanol–water partition coefficient (Wildman–Crippen LogP) is 0.691. The van der Waals surface area contributed by atoms with Gasteiger partial charge in [0.1, 0.15) is 0 Å². The van der Waals surface area contributed by atoms with E-state index in [0.29, 0.717) is 5.47 Å². The summed E-state index contributed by atoms with van der Waals surface area (Å²) in [5, 5.41) is 12.6. The molecule has 0 aliphatic carbocycles. The molecule has 0 fully saturated rings. The zero-order valence-electron chi connectivity index (χ0n) is 6.03. The summed E-state index contributed by atoms with van der Waals surface area (Å²) in [6.07, 6.45) is 4.59. The van der Waals surface area contributed by atoms with E-state index in [1.54, 1.807) is 6.08 Å². The molecule has 0 radical (unpaired) electrons. The van der Waals surface area contributed by atoms with Crippen LogP contribution in [-0.2, 0) is 4.76 Å². The first-order valence-corrected chi connectivity index (χ1v) is 3.16. The van der Waals surface area contributed by atoms with E-state index < -0.39 is 7.12 Å². The molecule has 0 unspecified atom stereocenters. The molecule has 56 valence electrons. The fourth-order valence-electron chi connectivity index (χ4n) is 0.808. The van der Waals surface area contributed by atoms with Crippen LogP contribution < -0.4 is 0 Å². The average molecular weight is 149 g/mol. The van der Waals surface area contributed by atoms with Crippen LogP contribution in [0.25, 0.3) is 0 Å². The Kier molecular flexibility index (Phi) is 2.28. The highest BCUT2D eigenvalue weighted by Crippen LogP contribution is 2.12. The molecule has 0 aromatic heterocycles. The van der Waals surface area contributed by atoms with Crippen molar-refractivity contribution in [1.82, 2.24) is 0 Å². The maximum absolute atomic E-state index is 9.16. The molecule has 1 N–H and O–H groups in total. The van der Waals surface area contributed by atoms with Gasteiger partial charge in [0.05, 0.1) is 6.21 Å². The van der Waals surface area contributed by atoms with Gasteiger partial charge in [0.15, 0.2) is 0 Å². The SMILES string of the molecule is C=CC1=C(C=C)B(O)ON=C1. The highest BCUT2D eigenvalue weighted by Gasteiger charge is 2.24.